The van der Waals surface area contributed by atoms with Gasteiger partial charge in [-0.1, -0.05) is 39.8 Å². The van der Waals surface area contributed by atoms with Crippen LogP contribution in [0.2, 0.25) is 0 Å². The Bertz CT molecular complexity index is 848. The highest BCUT2D eigenvalue weighted by Gasteiger charge is 2.18. The van der Waals surface area contributed by atoms with E-state index in [4.69, 9.17) is 4.74 Å². The molecule has 2 rings (SSSR count). The normalized spacial score (nSPS) is 11.8. The molecule has 0 saturated carbocycles. The molecular formula is C20H25NO4S. The summed E-state index contributed by atoms with van der Waals surface area (Å²) in [5.74, 6) is -0.418. The van der Waals surface area contributed by atoms with E-state index < -0.39 is 16.0 Å². The van der Waals surface area contributed by atoms with E-state index in [1.165, 1.54) is 0 Å². The van der Waals surface area contributed by atoms with Gasteiger partial charge in [-0.05, 0) is 53.8 Å². The van der Waals surface area contributed by atoms with Gasteiger partial charge in [0.2, 0.25) is 0 Å². The molecule has 0 saturated heterocycles. The number of hydrogen-bond acceptors (Lipinski definition) is 4. The van der Waals surface area contributed by atoms with E-state index in [1.807, 2.05) is 19.1 Å². The van der Waals surface area contributed by atoms with E-state index in [2.05, 4.69) is 25.5 Å². The first-order valence-corrected chi connectivity index (χ1v) is 10.0. The lowest BCUT2D eigenvalue weighted by molar-refractivity contribution is 0.0505. The Labute approximate surface area is 155 Å². The quantitative estimate of drug-likeness (QED) is 0.762. The fraction of sp³-hybridized carbons (Fsp3) is 0.350. The van der Waals surface area contributed by atoms with Crippen molar-refractivity contribution in [2.45, 2.75) is 44.4 Å². The van der Waals surface area contributed by atoms with Crippen LogP contribution in [0, 0.1) is 0 Å². The average Bonchev–Trinajstić information content (AvgIpc) is 2.59. The summed E-state index contributed by atoms with van der Waals surface area (Å²) in [6.45, 7) is 8.49. The molecule has 0 aliphatic heterocycles. The minimum absolute atomic E-state index is 0.0437. The van der Waals surface area contributed by atoms with E-state index in [0.29, 0.717) is 17.9 Å². The van der Waals surface area contributed by atoms with Crippen LogP contribution < -0.4 is 4.72 Å². The molecule has 0 aromatic heterocycles. The van der Waals surface area contributed by atoms with Crippen molar-refractivity contribution in [3.63, 3.8) is 0 Å². The summed E-state index contributed by atoms with van der Waals surface area (Å²) in [6.07, 6.45) is 0.748. The molecule has 6 heteroatoms. The van der Waals surface area contributed by atoms with Crippen LogP contribution in [0.5, 0.6) is 0 Å². The third-order valence-corrected chi connectivity index (χ3v) is 5.24. The van der Waals surface area contributed by atoms with Crippen LogP contribution in [0.3, 0.4) is 0 Å². The van der Waals surface area contributed by atoms with E-state index in [1.54, 1.807) is 36.4 Å². The summed E-state index contributed by atoms with van der Waals surface area (Å²) in [7, 11) is -3.69. The molecule has 0 aliphatic rings. The summed E-state index contributed by atoms with van der Waals surface area (Å²) in [5, 5.41) is 0. The first-order chi connectivity index (χ1) is 12.1. The lowest BCUT2D eigenvalue weighted by Crippen LogP contribution is -2.15. The van der Waals surface area contributed by atoms with Crippen molar-refractivity contribution in [1.82, 2.24) is 0 Å². The van der Waals surface area contributed by atoms with Crippen molar-refractivity contribution >= 4 is 21.7 Å². The second-order valence-electron chi connectivity index (χ2n) is 7.09. The molecule has 0 bridgehead atoms. The highest BCUT2D eigenvalue weighted by molar-refractivity contribution is 7.92. The van der Waals surface area contributed by atoms with Crippen molar-refractivity contribution in [1.29, 1.82) is 0 Å². The first-order valence-electron chi connectivity index (χ1n) is 8.54. The molecule has 140 valence electrons. The number of sulfonamides is 1. The van der Waals surface area contributed by atoms with Gasteiger partial charge < -0.3 is 4.74 Å². The molecule has 2 aromatic rings. The maximum Gasteiger partial charge on any atom is 0.338 e. The van der Waals surface area contributed by atoms with Crippen LogP contribution in [0.25, 0.3) is 0 Å². The van der Waals surface area contributed by atoms with E-state index >= 15 is 0 Å². The lowest BCUT2D eigenvalue weighted by atomic mass is 9.87. The zero-order valence-electron chi connectivity index (χ0n) is 15.6. The largest absolute Gasteiger partial charge is 0.462 e. The molecule has 0 spiro atoms. The number of carbonyl (C=O) groups excluding carboxylic acids is 1. The van der Waals surface area contributed by atoms with E-state index in [0.717, 1.165) is 12.0 Å². The standard InChI is InChI=1S/C20H25NO4S/c1-5-14-25-19(22)15-6-10-17(11-7-15)21-26(23,24)18-12-8-16(9-13-18)20(2,3)4/h6-13,21H,5,14H2,1-4H3. The van der Waals surface area contributed by atoms with Crippen LogP contribution in [-0.4, -0.2) is 21.0 Å². The topological polar surface area (TPSA) is 72.5 Å². The Balaban J connectivity index is 2.13. The van der Waals surface area contributed by atoms with Gasteiger partial charge >= 0.3 is 5.97 Å². The van der Waals surface area contributed by atoms with Crippen molar-refractivity contribution in [2.24, 2.45) is 0 Å². The van der Waals surface area contributed by atoms with Gasteiger partial charge in [-0.15, -0.1) is 0 Å². The number of benzene rings is 2. The molecule has 0 radical (unpaired) electrons. The minimum Gasteiger partial charge on any atom is -0.462 e. The highest BCUT2D eigenvalue weighted by Crippen LogP contribution is 2.24. The minimum atomic E-state index is -3.69. The zero-order chi connectivity index (χ0) is 19.4. The van der Waals surface area contributed by atoms with E-state index in [-0.39, 0.29) is 10.3 Å². The van der Waals surface area contributed by atoms with Gasteiger partial charge in [0.1, 0.15) is 0 Å². The third kappa shape index (κ3) is 5.08. The van der Waals surface area contributed by atoms with Gasteiger partial charge in [-0.25, -0.2) is 13.2 Å². The molecule has 5 nitrogen and oxygen atoms in total. The lowest BCUT2D eigenvalue weighted by Gasteiger charge is -2.19. The molecule has 0 unspecified atom stereocenters. The number of hydrogen-bond donors (Lipinski definition) is 1. The average molecular weight is 375 g/mol. The van der Waals surface area contributed by atoms with Crippen LogP contribution in [0.15, 0.2) is 53.4 Å². The second kappa shape index (κ2) is 7.91. The van der Waals surface area contributed by atoms with Crippen molar-refractivity contribution < 1.29 is 17.9 Å². The predicted octanol–water partition coefficient (Wildman–Crippen LogP) is 4.35. The molecular weight excluding hydrogens is 350 g/mol. The van der Waals surface area contributed by atoms with Gasteiger partial charge in [0.15, 0.2) is 0 Å². The Morgan fingerprint density at radius 1 is 1.00 bits per heavy atom. The molecule has 0 fully saturated rings. The molecule has 0 heterocycles. The molecule has 2 aromatic carbocycles. The summed E-state index contributed by atoms with van der Waals surface area (Å²) < 4.78 is 32.6. The number of esters is 1. The van der Waals surface area contributed by atoms with Crippen molar-refractivity contribution in [3.8, 4) is 0 Å². The van der Waals surface area contributed by atoms with Gasteiger partial charge in [0, 0.05) is 5.69 Å². The van der Waals surface area contributed by atoms with Crippen LogP contribution >= 0.6 is 0 Å². The number of carbonyl (C=O) groups is 1. The predicted molar refractivity (Wildman–Crippen MR) is 103 cm³/mol. The van der Waals surface area contributed by atoms with Crippen LogP contribution in [0.4, 0.5) is 5.69 Å². The molecule has 0 atom stereocenters. The number of nitrogens with one attached hydrogen (secondary N) is 1. The molecule has 0 aliphatic carbocycles. The summed E-state index contributed by atoms with van der Waals surface area (Å²) in [6, 6.07) is 13.0. The summed E-state index contributed by atoms with van der Waals surface area (Å²) in [5.41, 5.74) is 1.79. The Hall–Kier alpha value is -2.34. The maximum absolute atomic E-state index is 12.5. The zero-order valence-corrected chi connectivity index (χ0v) is 16.4. The van der Waals surface area contributed by atoms with Crippen LogP contribution in [-0.2, 0) is 20.2 Å². The number of ether oxygens (including phenoxy) is 1. The summed E-state index contributed by atoms with van der Waals surface area (Å²) >= 11 is 0. The smallest absolute Gasteiger partial charge is 0.338 e. The molecule has 26 heavy (non-hydrogen) atoms. The summed E-state index contributed by atoms with van der Waals surface area (Å²) in [4.78, 5) is 12.0. The number of rotatable bonds is 6. The Kier molecular flexibility index (Phi) is 6.08. The van der Waals surface area contributed by atoms with Crippen LogP contribution in [0.1, 0.15) is 50.0 Å². The maximum atomic E-state index is 12.5. The van der Waals surface area contributed by atoms with Gasteiger partial charge in [-0.2, -0.15) is 0 Å². The fourth-order valence-corrected chi connectivity index (χ4v) is 3.36. The SMILES string of the molecule is CCCOC(=O)c1ccc(NS(=O)(=O)c2ccc(C(C)(C)C)cc2)cc1. The number of anilines is 1. The van der Waals surface area contributed by atoms with E-state index in [9.17, 15) is 13.2 Å². The fourth-order valence-electron chi connectivity index (χ4n) is 2.30. The van der Waals surface area contributed by atoms with Gasteiger partial charge in [0.05, 0.1) is 17.1 Å². The highest BCUT2D eigenvalue weighted by atomic mass is 32.2. The van der Waals surface area contributed by atoms with Crippen molar-refractivity contribution in [2.75, 3.05) is 11.3 Å². The molecule has 0 amide bonds. The van der Waals surface area contributed by atoms with Crippen molar-refractivity contribution in [3.05, 3.63) is 59.7 Å². The van der Waals surface area contributed by atoms with Gasteiger partial charge in [0.25, 0.3) is 10.0 Å². The Morgan fingerprint density at radius 2 is 1.58 bits per heavy atom. The first kappa shape index (κ1) is 20.0. The van der Waals surface area contributed by atoms with Gasteiger partial charge in [-0.3, -0.25) is 4.72 Å². The Morgan fingerprint density at radius 3 is 2.08 bits per heavy atom. The molecule has 1 N–H and O–H groups in total. The third-order valence-electron chi connectivity index (χ3n) is 3.84. The monoisotopic (exact) mass is 375 g/mol. The second-order valence-corrected chi connectivity index (χ2v) is 8.78.